The predicted molar refractivity (Wildman–Crippen MR) is 82.1 cm³/mol. The Balaban J connectivity index is 1.75. The first-order valence-corrected chi connectivity index (χ1v) is 8.08. The van der Waals surface area contributed by atoms with Gasteiger partial charge < -0.3 is 14.1 Å². The van der Waals surface area contributed by atoms with Gasteiger partial charge in [0.05, 0.1) is 19.4 Å². The molecule has 1 saturated heterocycles. The highest BCUT2D eigenvalue weighted by molar-refractivity contribution is 7.17. The summed E-state index contributed by atoms with van der Waals surface area (Å²) in [7, 11) is 1.52. The lowest BCUT2D eigenvalue weighted by molar-refractivity contribution is 0.179. The van der Waals surface area contributed by atoms with Gasteiger partial charge in [0.2, 0.25) is 5.13 Å². The number of nitrogens with one attached hydrogen (secondary N) is 1. The summed E-state index contributed by atoms with van der Waals surface area (Å²) in [6.07, 6.45) is 5.74. The van der Waals surface area contributed by atoms with Crippen LogP contribution in [0.15, 0.2) is 22.8 Å². The molecule has 0 aromatic carbocycles. The number of hydrogen-bond donors (Lipinski definition) is 1. The molecule has 2 aromatic rings. The maximum Gasteiger partial charge on any atom is 0.324 e. The Morgan fingerprint density at radius 1 is 1.45 bits per heavy atom. The van der Waals surface area contributed by atoms with Crippen molar-refractivity contribution in [2.75, 3.05) is 19.0 Å². The van der Waals surface area contributed by atoms with E-state index in [1.54, 1.807) is 6.26 Å². The average molecular weight is 322 g/mol. The molecule has 0 saturated carbocycles. The van der Waals surface area contributed by atoms with E-state index in [4.69, 9.17) is 9.15 Å². The highest BCUT2D eigenvalue weighted by atomic mass is 32.1. The van der Waals surface area contributed by atoms with E-state index in [1.165, 1.54) is 18.4 Å². The fourth-order valence-electron chi connectivity index (χ4n) is 2.63. The zero-order valence-corrected chi connectivity index (χ0v) is 13.1. The topological polar surface area (TPSA) is 80.5 Å². The van der Waals surface area contributed by atoms with E-state index in [9.17, 15) is 4.79 Å². The van der Waals surface area contributed by atoms with Crippen molar-refractivity contribution >= 4 is 22.5 Å². The van der Waals surface area contributed by atoms with Crippen LogP contribution >= 0.6 is 11.3 Å². The molecule has 0 aliphatic carbocycles. The monoisotopic (exact) mass is 322 g/mol. The van der Waals surface area contributed by atoms with Crippen LogP contribution in [0, 0.1) is 0 Å². The molecule has 1 fully saturated rings. The van der Waals surface area contributed by atoms with Gasteiger partial charge in [-0.2, -0.15) is 0 Å². The number of anilines is 1. The standard InChI is InChI=1S/C14H18N4O3S/c1-20-14-17-16-12(22-14)15-13(19)18-8-4-2-3-6-10(18)11-7-5-9-21-11/h5,7,9-10H,2-4,6,8H2,1H3,(H,15,16,19)/t10-/m0/s1. The van der Waals surface area contributed by atoms with Crippen LogP contribution in [0.4, 0.5) is 9.93 Å². The predicted octanol–water partition coefficient (Wildman–Crippen LogP) is 3.29. The van der Waals surface area contributed by atoms with Crippen LogP contribution in [0.2, 0.25) is 0 Å². The second-order valence-corrected chi connectivity index (χ2v) is 6.02. The number of ether oxygens (including phenoxy) is 1. The van der Waals surface area contributed by atoms with Gasteiger partial charge in [0.15, 0.2) is 0 Å². The van der Waals surface area contributed by atoms with Crippen molar-refractivity contribution in [2.24, 2.45) is 0 Å². The normalized spacial score (nSPS) is 18.8. The molecule has 118 valence electrons. The minimum Gasteiger partial charge on any atom is -0.472 e. The summed E-state index contributed by atoms with van der Waals surface area (Å²) >= 11 is 1.20. The van der Waals surface area contributed by atoms with Gasteiger partial charge in [-0.15, -0.1) is 5.10 Å². The molecule has 1 aliphatic rings. The molecule has 2 amide bonds. The number of nitrogens with zero attached hydrogens (tertiary/aromatic N) is 3. The molecule has 2 aromatic heterocycles. The lowest BCUT2D eigenvalue weighted by Crippen LogP contribution is -2.37. The first kappa shape index (κ1) is 14.8. The Morgan fingerprint density at radius 3 is 3.09 bits per heavy atom. The van der Waals surface area contributed by atoms with E-state index in [1.807, 2.05) is 17.0 Å². The molecule has 1 aliphatic heterocycles. The Bertz CT molecular complexity index is 613. The maximum atomic E-state index is 12.6. The van der Waals surface area contributed by atoms with Gasteiger partial charge >= 0.3 is 6.03 Å². The van der Waals surface area contributed by atoms with Crippen molar-refractivity contribution in [3.63, 3.8) is 0 Å². The number of carbonyl (C=O) groups is 1. The van der Waals surface area contributed by atoms with Crippen LogP contribution in [-0.4, -0.2) is 34.8 Å². The number of rotatable bonds is 3. The lowest BCUT2D eigenvalue weighted by Gasteiger charge is -2.28. The van der Waals surface area contributed by atoms with Gasteiger partial charge in [-0.05, 0) is 36.3 Å². The van der Waals surface area contributed by atoms with Gasteiger partial charge in [-0.3, -0.25) is 5.32 Å². The van der Waals surface area contributed by atoms with Crippen LogP contribution in [-0.2, 0) is 0 Å². The van der Waals surface area contributed by atoms with Crippen LogP contribution in [0.25, 0.3) is 0 Å². The number of likely N-dealkylation sites (tertiary alicyclic amines) is 1. The zero-order chi connectivity index (χ0) is 15.4. The van der Waals surface area contributed by atoms with E-state index in [0.717, 1.165) is 31.4 Å². The SMILES string of the molecule is COc1nnc(NC(=O)N2CCCCC[C@H]2c2ccco2)s1. The first-order chi connectivity index (χ1) is 10.8. The summed E-state index contributed by atoms with van der Waals surface area (Å²) in [5.74, 6) is 0.826. The van der Waals surface area contributed by atoms with Crippen molar-refractivity contribution in [2.45, 2.75) is 31.7 Å². The molecular weight excluding hydrogens is 304 g/mol. The van der Waals surface area contributed by atoms with Gasteiger partial charge in [0.1, 0.15) is 5.76 Å². The van der Waals surface area contributed by atoms with Gasteiger partial charge in [0, 0.05) is 6.54 Å². The van der Waals surface area contributed by atoms with Gasteiger partial charge in [0.25, 0.3) is 5.19 Å². The zero-order valence-electron chi connectivity index (χ0n) is 12.3. The largest absolute Gasteiger partial charge is 0.472 e. The van der Waals surface area contributed by atoms with E-state index in [2.05, 4.69) is 15.5 Å². The van der Waals surface area contributed by atoms with E-state index in [-0.39, 0.29) is 12.1 Å². The minimum atomic E-state index is -0.179. The highest BCUT2D eigenvalue weighted by Crippen LogP contribution is 2.31. The number of carbonyl (C=O) groups excluding carboxylic acids is 1. The van der Waals surface area contributed by atoms with Gasteiger partial charge in [-0.1, -0.05) is 17.9 Å². The third kappa shape index (κ3) is 3.22. The second-order valence-electron chi connectivity index (χ2n) is 5.08. The van der Waals surface area contributed by atoms with Crippen molar-refractivity contribution in [3.8, 4) is 5.19 Å². The Kier molecular flexibility index (Phi) is 4.57. The molecule has 3 heterocycles. The summed E-state index contributed by atoms with van der Waals surface area (Å²) in [4.78, 5) is 14.4. The molecular formula is C14H18N4O3S. The van der Waals surface area contributed by atoms with Crippen molar-refractivity contribution in [1.82, 2.24) is 15.1 Å². The van der Waals surface area contributed by atoms with Crippen LogP contribution in [0.1, 0.15) is 37.5 Å². The third-order valence-corrected chi connectivity index (χ3v) is 4.48. The molecule has 0 bridgehead atoms. The minimum absolute atomic E-state index is 0.0349. The number of urea groups is 1. The van der Waals surface area contributed by atoms with Crippen LogP contribution < -0.4 is 10.1 Å². The first-order valence-electron chi connectivity index (χ1n) is 7.26. The van der Waals surface area contributed by atoms with Gasteiger partial charge in [-0.25, -0.2) is 4.79 Å². The van der Waals surface area contributed by atoms with E-state index < -0.39 is 0 Å². The quantitative estimate of drug-likeness (QED) is 0.938. The molecule has 0 spiro atoms. The molecule has 0 unspecified atom stereocenters. The lowest BCUT2D eigenvalue weighted by atomic mass is 10.1. The summed E-state index contributed by atoms with van der Waals surface area (Å²) in [5.41, 5.74) is 0. The maximum absolute atomic E-state index is 12.6. The summed E-state index contributed by atoms with van der Waals surface area (Å²) in [6, 6.07) is 3.56. The fourth-order valence-corrected chi connectivity index (χ4v) is 3.18. The fraction of sp³-hybridized carbons (Fsp3) is 0.500. The molecule has 22 heavy (non-hydrogen) atoms. The third-order valence-electron chi connectivity index (χ3n) is 3.68. The average Bonchev–Trinajstić information content (AvgIpc) is 3.14. The van der Waals surface area contributed by atoms with Crippen molar-refractivity contribution in [1.29, 1.82) is 0 Å². The Morgan fingerprint density at radius 2 is 2.36 bits per heavy atom. The number of aromatic nitrogens is 2. The molecule has 0 radical (unpaired) electrons. The molecule has 3 rings (SSSR count). The number of methoxy groups -OCH3 is 1. The van der Waals surface area contributed by atoms with Crippen LogP contribution in [0.5, 0.6) is 5.19 Å². The van der Waals surface area contributed by atoms with Crippen LogP contribution in [0.3, 0.4) is 0 Å². The molecule has 1 atom stereocenters. The molecule has 1 N–H and O–H groups in total. The van der Waals surface area contributed by atoms with Crippen molar-refractivity contribution < 1.29 is 13.9 Å². The smallest absolute Gasteiger partial charge is 0.324 e. The Hall–Kier alpha value is -2.09. The summed E-state index contributed by atoms with van der Waals surface area (Å²) in [5, 5.41) is 11.4. The summed E-state index contributed by atoms with van der Waals surface area (Å²) in [6.45, 7) is 0.702. The van der Waals surface area contributed by atoms with E-state index >= 15 is 0 Å². The second kappa shape index (κ2) is 6.78. The number of furan rings is 1. The number of hydrogen-bond acceptors (Lipinski definition) is 6. The summed E-state index contributed by atoms with van der Waals surface area (Å²) < 4.78 is 10.5. The Labute approximate surface area is 132 Å². The molecule has 8 heteroatoms. The highest BCUT2D eigenvalue weighted by Gasteiger charge is 2.29. The molecule has 7 nitrogen and oxygen atoms in total. The number of amides is 2. The van der Waals surface area contributed by atoms with Crippen molar-refractivity contribution in [3.05, 3.63) is 24.2 Å². The van der Waals surface area contributed by atoms with E-state index in [0.29, 0.717) is 16.9 Å².